The molecule has 0 aliphatic carbocycles. The first-order chi connectivity index (χ1) is 15.2. The topological polar surface area (TPSA) is 55.4 Å². The lowest BCUT2D eigenvalue weighted by Gasteiger charge is -2.38. The van der Waals surface area contributed by atoms with E-state index < -0.39 is 25.2 Å². The molecule has 0 amide bonds. The molecule has 0 heterocycles. The molecular formula is C23H39IO6Si3. The van der Waals surface area contributed by atoms with E-state index in [4.69, 9.17) is 27.2 Å². The van der Waals surface area contributed by atoms with Crippen LogP contribution >= 0.6 is 22.6 Å². The van der Waals surface area contributed by atoms with Crippen LogP contribution in [-0.4, -0.2) is 53.6 Å². The molecule has 0 unspecified atom stereocenters. The number of halogens is 1. The molecule has 0 bridgehead atoms. The van der Waals surface area contributed by atoms with Gasteiger partial charge in [-0.15, -0.1) is 0 Å². The van der Waals surface area contributed by atoms with Crippen LogP contribution in [0.5, 0.6) is 23.0 Å². The first-order valence-electron chi connectivity index (χ1n) is 10.7. The minimum Gasteiger partial charge on any atom is -0.493 e. The fourth-order valence-corrected chi connectivity index (χ4v) is 15.3. The summed E-state index contributed by atoms with van der Waals surface area (Å²) >= 11 is 2.23. The molecule has 0 aliphatic heterocycles. The third kappa shape index (κ3) is 9.99. The van der Waals surface area contributed by atoms with Crippen molar-refractivity contribution in [3.05, 3.63) is 40.0 Å². The summed E-state index contributed by atoms with van der Waals surface area (Å²) in [7, 11) is 0.591. The average Bonchev–Trinajstić information content (AvgIpc) is 2.70. The Hall–Kier alpha value is -1.06. The number of benzene rings is 2. The number of hydrogen-bond acceptors (Lipinski definition) is 6. The molecule has 0 aromatic heterocycles. The normalized spacial score (nSPS) is 11.9. The molecule has 186 valence electrons. The van der Waals surface area contributed by atoms with E-state index in [9.17, 15) is 0 Å². The largest absolute Gasteiger partial charge is 0.493 e. The summed E-state index contributed by atoms with van der Waals surface area (Å²) in [6.07, 6.45) is 0. The highest BCUT2D eigenvalue weighted by molar-refractivity contribution is 14.1. The number of ether oxygens (including phenoxy) is 4. The molecule has 33 heavy (non-hydrogen) atoms. The van der Waals surface area contributed by atoms with Crippen LogP contribution in [0.25, 0.3) is 0 Å². The third-order valence-corrected chi connectivity index (χ3v) is 14.3. The lowest BCUT2D eigenvalue weighted by Crippen LogP contribution is -2.60. The van der Waals surface area contributed by atoms with Crippen LogP contribution in [-0.2, 0) is 8.23 Å². The van der Waals surface area contributed by atoms with E-state index in [0.717, 1.165) is 31.8 Å². The van der Waals surface area contributed by atoms with Crippen molar-refractivity contribution < 1.29 is 27.2 Å². The molecule has 0 saturated carbocycles. The maximum atomic E-state index is 6.55. The highest BCUT2D eigenvalue weighted by Crippen LogP contribution is 2.29. The average molecular weight is 623 g/mol. The molecule has 0 fully saturated rings. The van der Waals surface area contributed by atoms with Gasteiger partial charge >= 0.3 is 8.56 Å². The Morgan fingerprint density at radius 3 is 1.33 bits per heavy atom. The molecular weight excluding hydrogens is 583 g/mol. The Kier molecular flexibility index (Phi) is 11.4. The molecule has 0 atom stereocenters. The molecule has 0 aliphatic rings. The minimum absolute atomic E-state index is 0.720. The summed E-state index contributed by atoms with van der Waals surface area (Å²) in [5, 5.41) is 1.09. The second kappa shape index (κ2) is 12.6. The van der Waals surface area contributed by atoms with Gasteiger partial charge in [0, 0.05) is 3.57 Å². The molecule has 0 N–H and O–H groups in total. The molecule has 0 saturated heterocycles. The smallest absolute Gasteiger partial charge is 0.348 e. The molecule has 2 aromatic carbocycles. The lowest BCUT2D eigenvalue weighted by molar-refractivity contribution is 0.354. The van der Waals surface area contributed by atoms with E-state index in [1.54, 1.807) is 28.4 Å². The fraction of sp³-hybridized carbons (Fsp3) is 0.478. The third-order valence-electron chi connectivity index (χ3n) is 4.26. The van der Waals surface area contributed by atoms with Gasteiger partial charge in [0.05, 0.1) is 28.4 Å². The van der Waals surface area contributed by atoms with Gasteiger partial charge in [-0.25, -0.2) is 0 Å². The van der Waals surface area contributed by atoms with Crippen LogP contribution in [0.3, 0.4) is 0 Å². The zero-order valence-electron chi connectivity index (χ0n) is 21.8. The summed E-state index contributed by atoms with van der Waals surface area (Å²) in [6, 6.07) is 11.8. The van der Waals surface area contributed by atoms with Gasteiger partial charge in [-0.3, -0.25) is 0 Å². The van der Waals surface area contributed by atoms with Crippen molar-refractivity contribution in [3.63, 3.8) is 0 Å². The summed E-state index contributed by atoms with van der Waals surface area (Å²) in [5.41, 5.74) is 0. The van der Waals surface area contributed by atoms with Crippen molar-refractivity contribution in [1.29, 1.82) is 0 Å². The fourth-order valence-electron chi connectivity index (χ4n) is 3.24. The second-order valence-electron chi connectivity index (χ2n) is 9.44. The molecule has 0 spiro atoms. The van der Waals surface area contributed by atoms with Gasteiger partial charge in [-0.1, -0.05) is 6.07 Å². The molecule has 6 nitrogen and oxygen atoms in total. The Bertz CT molecular complexity index is 881. The molecule has 0 radical (unpaired) electrons. The lowest BCUT2D eigenvalue weighted by atomic mass is 10.3. The minimum atomic E-state index is -2.49. The molecule has 10 heteroatoms. The van der Waals surface area contributed by atoms with Gasteiger partial charge in [0.25, 0.3) is 0 Å². The van der Waals surface area contributed by atoms with E-state index in [1.807, 2.05) is 36.4 Å². The van der Waals surface area contributed by atoms with E-state index in [2.05, 4.69) is 68.4 Å². The maximum absolute atomic E-state index is 6.55. The van der Waals surface area contributed by atoms with Crippen molar-refractivity contribution in [2.24, 2.45) is 0 Å². The van der Waals surface area contributed by atoms with Crippen LogP contribution in [0, 0.1) is 3.57 Å². The summed E-state index contributed by atoms with van der Waals surface area (Å²) in [5.74, 6) is 2.99. The van der Waals surface area contributed by atoms with Gasteiger partial charge in [0.15, 0.2) is 39.6 Å². The zero-order valence-corrected chi connectivity index (χ0v) is 26.9. The number of methoxy groups -OCH3 is 4. The van der Waals surface area contributed by atoms with E-state index in [0.29, 0.717) is 0 Å². The molecule has 2 aromatic rings. The number of rotatable bonds is 9. The van der Waals surface area contributed by atoms with Crippen molar-refractivity contribution in [3.8, 4) is 23.0 Å². The summed E-state index contributed by atoms with van der Waals surface area (Å²) in [6.45, 7) is 15.3. The Morgan fingerprint density at radius 1 is 0.545 bits per heavy atom. The maximum Gasteiger partial charge on any atom is 0.348 e. The van der Waals surface area contributed by atoms with Crippen molar-refractivity contribution >= 4 is 53.0 Å². The van der Waals surface area contributed by atoms with Crippen LogP contribution in [0.2, 0.25) is 45.8 Å². The zero-order chi connectivity index (χ0) is 25.4. The van der Waals surface area contributed by atoms with Crippen LogP contribution in [0.4, 0.5) is 0 Å². The summed E-state index contributed by atoms with van der Waals surface area (Å²) < 4.78 is 35.2. The van der Waals surface area contributed by atoms with Crippen LogP contribution in [0.15, 0.2) is 36.4 Å². The monoisotopic (exact) mass is 622 g/mol. The SMILES string of the molecule is COc1ccc(I)cc1OC.COc1ccc([Si](C)(O[Si](C)(C)C)O[Si](C)(C)C)cc1OC. The van der Waals surface area contributed by atoms with E-state index in [-0.39, 0.29) is 0 Å². The first kappa shape index (κ1) is 30.0. The van der Waals surface area contributed by atoms with Crippen LogP contribution < -0.4 is 24.1 Å². The Morgan fingerprint density at radius 2 is 0.939 bits per heavy atom. The standard InChI is InChI=1S/C15H30O4Si3.C8H9IO2/c1-16-14-11-10-13(12-15(14)17-2)22(9,18-20(3,4)5)19-21(6,7)8;1-10-7-4-3-6(9)5-8(7)11-2/h10-12H,1-9H3;3-5H,1-2H3. The predicted molar refractivity (Wildman–Crippen MR) is 152 cm³/mol. The Labute approximate surface area is 216 Å². The quantitative estimate of drug-likeness (QED) is 0.253. The van der Waals surface area contributed by atoms with Gasteiger partial charge in [0.1, 0.15) is 0 Å². The van der Waals surface area contributed by atoms with Crippen LogP contribution in [0.1, 0.15) is 0 Å². The highest BCUT2D eigenvalue weighted by atomic mass is 127. The van der Waals surface area contributed by atoms with E-state index >= 15 is 0 Å². The summed E-state index contributed by atoms with van der Waals surface area (Å²) in [4.78, 5) is 0. The predicted octanol–water partition coefficient (Wildman–Crippen LogP) is 5.99. The van der Waals surface area contributed by atoms with Gasteiger partial charge in [-0.05, 0) is 104 Å². The van der Waals surface area contributed by atoms with Crippen molar-refractivity contribution in [1.82, 2.24) is 0 Å². The second-order valence-corrected chi connectivity index (χ2v) is 23.2. The molecule has 2 rings (SSSR count). The van der Waals surface area contributed by atoms with Gasteiger partial charge in [0.2, 0.25) is 0 Å². The number of hydrogen-bond donors (Lipinski definition) is 0. The van der Waals surface area contributed by atoms with Gasteiger partial charge < -0.3 is 27.2 Å². The van der Waals surface area contributed by atoms with E-state index in [1.165, 1.54) is 0 Å². The van der Waals surface area contributed by atoms with Crippen molar-refractivity contribution in [2.75, 3.05) is 28.4 Å². The highest BCUT2D eigenvalue weighted by Gasteiger charge is 2.42. The van der Waals surface area contributed by atoms with Crippen molar-refractivity contribution in [2.45, 2.75) is 45.8 Å². The van der Waals surface area contributed by atoms with Gasteiger partial charge in [-0.2, -0.15) is 0 Å². The Balaban J connectivity index is 0.000000412. The first-order valence-corrected chi connectivity index (χ1v) is 20.9.